The van der Waals surface area contributed by atoms with Crippen molar-refractivity contribution in [3.8, 4) is 0 Å². The van der Waals surface area contributed by atoms with Crippen LogP contribution in [0.5, 0.6) is 0 Å². The smallest absolute Gasteiger partial charge is 0.273 e. The summed E-state index contributed by atoms with van der Waals surface area (Å²) >= 11 is 0. The minimum absolute atomic E-state index is 0.0815. The molecule has 2 aromatic rings. The number of amides is 1. The van der Waals surface area contributed by atoms with E-state index in [9.17, 15) is 23.3 Å². The quantitative estimate of drug-likeness (QED) is 0.649. The van der Waals surface area contributed by atoms with Crippen molar-refractivity contribution >= 4 is 27.3 Å². The van der Waals surface area contributed by atoms with Crippen LogP contribution in [-0.4, -0.2) is 19.2 Å². The van der Waals surface area contributed by atoms with Crippen LogP contribution in [0, 0.1) is 17.0 Å². The van der Waals surface area contributed by atoms with Gasteiger partial charge in [-0.1, -0.05) is 6.07 Å². The van der Waals surface area contributed by atoms with Crippen molar-refractivity contribution in [3.05, 3.63) is 63.7 Å². The Kier molecular flexibility index (Phi) is 4.43. The summed E-state index contributed by atoms with van der Waals surface area (Å²) < 4.78 is 22.3. The number of benzene rings is 2. The molecule has 0 saturated heterocycles. The van der Waals surface area contributed by atoms with E-state index in [0.717, 1.165) is 0 Å². The van der Waals surface area contributed by atoms with Gasteiger partial charge >= 0.3 is 0 Å². The SMILES string of the molecule is Cc1c(C(=O)Nc2ccc(S(N)(=O)=O)cc2)cccc1[N+](=O)[O-]. The average Bonchev–Trinajstić information content (AvgIpc) is 2.46. The minimum atomic E-state index is -3.81. The van der Waals surface area contributed by atoms with Crippen LogP contribution < -0.4 is 10.5 Å². The van der Waals surface area contributed by atoms with Gasteiger partial charge in [0.15, 0.2) is 0 Å². The summed E-state index contributed by atoms with van der Waals surface area (Å²) in [5.74, 6) is -0.533. The molecule has 8 nitrogen and oxygen atoms in total. The van der Waals surface area contributed by atoms with Gasteiger partial charge in [-0.05, 0) is 37.3 Å². The number of hydrogen-bond acceptors (Lipinski definition) is 5. The number of rotatable bonds is 4. The average molecular weight is 335 g/mol. The van der Waals surface area contributed by atoms with Crippen LogP contribution >= 0.6 is 0 Å². The number of nitrogens with zero attached hydrogens (tertiary/aromatic N) is 1. The summed E-state index contributed by atoms with van der Waals surface area (Å²) in [7, 11) is -3.81. The molecule has 0 aliphatic carbocycles. The van der Waals surface area contributed by atoms with Gasteiger partial charge in [-0.25, -0.2) is 13.6 Å². The number of nitrogens with one attached hydrogen (secondary N) is 1. The fourth-order valence-corrected chi connectivity index (χ4v) is 2.51. The molecule has 0 atom stereocenters. The van der Waals surface area contributed by atoms with Crippen molar-refractivity contribution < 1.29 is 18.1 Å². The second-order valence-corrected chi connectivity index (χ2v) is 6.29. The number of anilines is 1. The maximum atomic E-state index is 12.2. The van der Waals surface area contributed by atoms with Crippen molar-refractivity contribution in [3.63, 3.8) is 0 Å². The van der Waals surface area contributed by atoms with E-state index in [1.54, 1.807) is 0 Å². The van der Waals surface area contributed by atoms with E-state index in [1.165, 1.54) is 49.4 Å². The number of sulfonamides is 1. The lowest BCUT2D eigenvalue weighted by molar-refractivity contribution is -0.385. The molecule has 3 N–H and O–H groups in total. The second kappa shape index (κ2) is 6.15. The Hall–Kier alpha value is -2.78. The monoisotopic (exact) mass is 335 g/mol. The van der Waals surface area contributed by atoms with Crippen LogP contribution in [-0.2, 0) is 10.0 Å². The van der Waals surface area contributed by atoms with E-state index in [4.69, 9.17) is 5.14 Å². The largest absolute Gasteiger partial charge is 0.322 e. The molecule has 0 aliphatic rings. The molecule has 23 heavy (non-hydrogen) atoms. The van der Waals surface area contributed by atoms with Gasteiger partial charge in [0.25, 0.3) is 11.6 Å². The first kappa shape index (κ1) is 16.6. The molecule has 0 heterocycles. The summed E-state index contributed by atoms with van der Waals surface area (Å²) in [4.78, 5) is 22.5. The normalized spacial score (nSPS) is 11.0. The van der Waals surface area contributed by atoms with Crippen molar-refractivity contribution in [1.82, 2.24) is 0 Å². The summed E-state index contributed by atoms with van der Waals surface area (Å²) in [6, 6.07) is 9.47. The molecule has 0 fully saturated rings. The van der Waals surface area contributed by atoms with E-state index < -0.39 is 20.9 Å². The van der Waals surface area contributed by atoms with Crippen molar-refractivity contribution in [2.75, 3.05) is 5.32 Å². The lowest BCUT2D eigenvalue weighted by Gasteiger charge is -2.08. The molecule has 0 aliphatic heterocycles. The predicted octanol–water partition coefficient (Wildman–Crippen LogP) is 1.80. The molecule has 1 amide bonds. The second-order valence-electron chi connectivity index (χ2n) is 4.73. The van der Waals surface area contributed by atoms with Crippen molar-refractivity contribution in [2.24, 2.45) is 5.14 Å². The molecule has 0 bridgehead atoms. The first-order chi connectivity index (χ1) is 10.7. The lowest BCUT2D eigenvalue weighted by Crippen LogP contribution is -2.15. The summed E-state index contributed by atoms with van der Waals surface area (Å²) in [5, 5.41) is 18.4. The number of carbonyl (C=O) groups is 1. The van der Waals surface area contributed by atoms with E-state index >= 15 is 0 Å². The molecule has 0 unspecified atom stereocenters. The summed E-state index contributed by atoms with van der Waals surface area (Å²) in [6.07, 6.45) is 0. The predicted molar refractivity (Wildman–Crippen MR) is 83.6 cm³/mol. The molecular weight excluding hydrogens is 322 g/mol. The maximum absolute atomic E-state index is 12.2. The third kappa shape index (κ3) is 3.71. The molecule has 0 saturated carbocycles. The van der Waals surface area contributed by atoms with E-state index in [2.05, 4.69) is 5.32 Å². The van der Waals surface area contributed by atoms with Crippen LogP contribution in [0.15, 0.2) is 47.4 Å². The third-order valence-corrected chi connectivity index (χ3v) is 4.12. The molecule has 0 spiro atoms. The Morgan fingerprint density at radius 2 is 1.78 bits per heavy atom. The van der Waals surface area contributed by atoms with Crippen LogP contribution in [0.25, 0.3) is 0 Å². The fraction of sp³-hybridized carbons (Fsp3) is 0.0714. The number of nitro groups is 1. The topological polar surface area (TPSA) is 132 Å². The number of primary sulfonamides is 1. The van der Waals surface area contributed by atoms with Gasteiger partial charge in [-0.3, -0.25) is 14.9 Å². The summed E-state index contributed by atoms with van der Waals surface area (Å²) in [6.45, 7) is 1.48. The standard InChI is InChI=1S/C14H13N3O5S/c1-9-12(3-2-4-13(9)17(19)20)14(18)16-10-5-7-11(8-6-10)23(15,21)22/h2-8H,1H3,(H,16,18)(H2,15,21,22). The molecule has 2 aromatic carbocycles. The minimum Gasteiger partial charge on any atom is -0.322 e. The number of hydrogen-bond donors (Lipinski definition) is 2. The van der Waals surface area contributed by atoms with E-state index in [-0.39, 0.29) is 21.7 Å². The van der Waals surface area contributed by atoms with Gasteiger partial charge in [-0.15, -0.1) is 0 Å². The number of carbonyl (C=O) groups excluding carboxylic acids is 1. The van der Waals surface area contributed by atoms with Crippen LogP contribution in [0.4, 0.5) is 11.4 Å². The summed E-state index contributed by atoms with van der Waals surface area (Å²) in [5.41, 5.74) is 0.599. The first-order valence-corrected chi connectivity index (χ1v) is 7.93. The molecule has 0 radical (unpaired) electrons. The van der Waals surface area contributed by atoms with Gasteiger partial charge in [0.1, 0.15) is 0 Å². The Morgan fingerprint density at radius 1 is 1.17 bits per heavy atom. The first-order valence-electron chi connectivity index (χ1n) is 6.38. The van der Waals surface area contributed by atoms with Gasteiger partial charge in [0.2, 0.25) is 10.0 Å². The highest BCUT2D eigenvalue weighted by atomic mass is 32.2. The van der Waals surface area contributed by atoms with Gasteiger partial charge in [0.05, 0.1) is 9.82 Å². The molecule has 0 aromatic heterocycles. The lowest BCUT2D eigenvalue weighted by atomic mass is 10.1. The van der Waals surface area contributed by atoms with Crippen molar-refractivity contribution in [2.45, 2.75) is 11.8 Å². The van der Waals surface area contributed by atoms with Gasteiger partial charge in [0, 0.05) is 22.9 Å². The Bertz CT molecular complexity index is 876. The van der Waals surface area contributed by atoms with Crippen LogP contribution in [0.2, 0.25) is 0 Å². The fourth-order valence-electron chi connectivity index (χ4n) is 1.99. The highest BCUT2D eigenvalue weighted by Crippen LogP contribution is 2.22. The maximum Gasteiger partial charge on any atom is 0.273 e. The zero-order valence-electron chi connectivity index (χ0n) is 12.0. The van der Waals surface area contributed by atoms with Gasteiger partial charge in [-0.2, -0.15) is 0 Å². The van der Waals surface area contributed by atoms with Crippen LogP contribution in [0.1, 0.15) is 15.9 Å². The molecular formula is C14H13N3O5S. The molecule has 120 valence electrons. The number of nitro benzene ring substituents is 1. The number of nitrogens with two attached hydrogens (primary N) is 1. The molecule has 9 heteroatoms. The highest BCUT2D eigenvalue weighted by Gasteiger charge is 2.18. The van der Waals surface area contributed by atoms with E-state index in [0.29, 0.717) is 5.69 Å². The third-order valence-electron chi connectivity index (χ3n) is 3.19. The zero-order valence-corrected chi connectivity index (χ0v) is 12.8. The Labute approximate surface area is 132 Å². The van der Waals surface area contributed by atoms with Gasteiger partial charge < -0.3 is 5.32 Å². The molecule has 2 rings (SSSR count). The Balaban J connectivity index is 2.26. The van der Waals surface area contributed by atoms with Crippen LogP contribution in [0.3, 0.4) is 0 Å². The highest BCUT2D eigenvalue weighted by molar-refractivity contribution is 7.89. The Morgan fingerprint density at radius 3 is 2.30 bits per heavy atom. The zero-order chi connectivity index (χ0) is 17.2. The van der Waals surface area contributed by atoms with E-state index in [1.807, 2.05) is 0 Å². The van der Waals surface area contributed by atoms with Crippen molar-refractivity contribution in [1.29, 1.82) is 0 Å².